The number of nitrogens with one attached hydrogen (secondary N) is 1. The lowest BCUT2D eigenvalue weighted by atomic mass is 10.2. The Morgan fingerprint density at radius 1 is 1.21 bits per heavy atom. The molecule has 0 unspecified atom stereocenters. The second-order valence-corrected chi connectivity index (χ2v) is 7.15. The third-order valence-electron chi connectivity index (χ3n) is 4.72. The summed E-state index contributed by atoms with van der Waals surface area (Å²) in [6, 6.07) is 14.4. The Bertz CT molecular complexity index is 841. The molecule has 1 N–H and O–H groups in total. The molecular weight excluding hydrogens is 378 g/mol. The van der Waals surface area contributed by atoms with Crippen molar-refractivity contribution >= 4 is 29.1 Å². The summed E-state index contributed by atoms with van der Waals surface area (Å²) in [5.74, 6) is 0.351. The second-order valence-electron chi connectivity index (χ2n) is 6.71. The first-order chi connectivity index (χ1) is 13.5. The molecule has 0 radical (unpaired) electrons. The van der Waals surface area contributed by atoms with E-state index in [0.717, 1.165) is 18.0 Å². The van der Waals surface area contributed by atoms with Crippen LogP contribution in [-0.2, 0) is 4.79 Å². The number of rotatable bonds is 6. The van der Waals surface area contributed by atoms with E-state index in [1.807, 2.05) is 24.3 Å². The van der Waals surface area contributed by atoms with Gasteiger partial charge >= 0.3 is 0 Å². The van der Waals surface area contributed by atoms with Crippen LogP contribution >= 0.6 is 11.6 Å². The van der Waals surface area contributed by atoms with Gasteiger partial charge in [0.25, 0.3) is 5.91 Å². The van der Waals surface area contributed by atoms with E-state index in [-0.39, 0.29) is 24.5 Å². The average Bonchev–Trinajstić information content (AvgIpc) is 2.71. The first-order valence-corrected chi connectivity index (χ1v) is 9.64. The topological polar surface area (TPSA) is 61.9 Å². The Morgan fingerprint density at radius 2 is 1.93 bits per heavy atom. The van der Waals surface area contributed by atoms with Gasteiger partial charge in [0.2, 0.25) is 5.91 Å². The summed E-state index contributed by atoms with van der Waals surface area (Å²) in [6.45, 7) is 4.05. The molecule has 0 saturated carbocycles. The van der Waals surface area contributed by atoms with E-state index < -0.39 is 0 Å². The largest absolute Gasteiger partial charge is 0.485 e. The number of fused-ring (bicyclic) bond motifs is 1. The minimum atomic E-state index is -0.307. The molecule has 2 aromatic rings. The number of amides is 2. The second kappa shape index (κ2) is 8.97. The molecule has 2 amide bonds. The van der Waals surface area contributed by atoms with Gasteiger partial charge in [-0.1, -0.05) is 23.7 Å². The van der Waals surface area contributed by atoms with Crippen LogP contribution in [-0.4, -0.2) is 56.0 Å². The summed E-state index contributed by atoms with van der Waals surface area (Å²) < 4.78 is 6.06. The maximum Gasteiger partial charge on any atom is 0.251 e. The Labute approximate surface area is 170 Å². The van der Waals surface area contributed by atoms with E-state index in [0.29, 0.717) is 23.7 Å². The van der Waals surface area contributed by atoms with Crippen LogP contribution in [0.2, 0.25) is 5.02 Å². The van der Waals surface area contributed by atoms with Crippen LogP contribution in [0.15, 0.2) is 48.5 Å². The lowest BCUT2D eigenvalue weighted by Gasteiger charge is -2.37. The van der Waals surface area contributed by atoms with Crippen molar-refractivity contribution in [3.63, 3.8) is 0 Å². The number of para-hydroxylation sites is 2. The van der Waals surface area contributed by atoms with Crippen LogP contribution < -0.4 is 15.0 Å². The zero-order valence-corrected chi connectivity index (χ0v) is 16.8. The summed E-state index contributed by atoms with van der Waals surface area (Å²) in [4.78, 5) is 28.4. The van der Waals surface area contributed by atoms with Crippen LogP contribution in [0.25, 0.3) is 0 Å². The average molecular weight is 402 g/mol. The molecule has 7 heteroatoms. The van der Waals surface area contributed by atoms with Crippen LogP contribution in [0.5, 0.6) is 5.75 Å². The Morgan fingerprint density at radius 3 is 2.64 bits per heavy atom. The molecule has 1 aliphatic heterocycles. The van der Waals surface area contributed by atoms with E-state index in [1.165, 1.54) is 0 Å². The zero-order valence-electron chi connectivity index (χ0n) is 16.0. The molecule has 1 atom stereocenters. The molecule has 1 heterocycles. The van der Waals surface area contributed by atoms with Crippen molar-refractivity contribution in [2.24, 2.45) is 0 Å². The van der Waals surface area contributed by atoms with E-state index >= 15 is 0 Å². The van der Waals surface area contributed by atoms with Gasteiger partial charge in [0.1, 0.15) is 11.9 Å². The molecule has 148 valence electrons. The van der Waals surface area contributed by atoms with Crippen LogP contribution in [0.3, 0.4) is 0 Å². The van der Waals surface area contributed by atoms with Crippen molar-refractivity contribution < 1.29 is 14.3 Å². The third kappa shape index (κ3) is 4.75. The van der Waals surface area contributed by atoms with Gasteiger partial charge < -0.3 is 19.9 Å². The van der Waals surface area contributed by atoms with Crippen LogP contribution in [0.4, 0.5) is 5.69 Å². The number of nitrogens with zero attached hydrogens (tertiary/aromatic N) is 2. The molecule has 2 aromatic carbocycles. The van der Waals surface area contributed by atoms with Gasteiger partial charge in [-0.05, 0) is 43.3 Å². The number of anilines is 1. The van der Waals surface area contributed by atoms with Crippen LogP contribution in [0.1, 0.15) is 17.3 Å². The van der Waals surface area contributed by atoms with Crippen molar-refractivity contribution in [2.75, 3.05) is 38.1 Å². The highest BCUT2D eigenvalue weighted by molar-refractivity contribution is 6.30. The van der Waals surface area contributed by atoms with E-state index in [4.69, 9.17) is 16.3 Å². The molecule has 0 aromatic heterocycles. The molecule has 0 spiro atoms. The lowest BCUT2D eigenvalue weighted by Crippen LogP contribution is -2.48. The number of benzene rings is 2. The fraction of sp³-hybridized carbons (Fsp3) is 0.333. The number of ether oxygens (including phenoxy) is 1. The number of carbonyl (C=O) groups excluding carboxylic acids is 2. The fourth-order valence-electron chi connectivity index (χ4n) is 3.17. The number of hydrogen-bond acceptors (Lipinski definition) is 4. The normalized spacial score (nSPS) is 15.4. The lowest BCUT2D eigenvalue weighted by molar-refractivity contribution is -0.129. The van der Waals surface area contributed by atoms with Crippen molar-refractivity contribution in [3.05, 3.63) is 59.1 Å². The van der Waals surface area contributed by atoms with Crippen molar-refractivity contribution in [1.82, 2.24) is 10.2 Å². The molecule has 6 nitrogen and oxygen atoms in total. The smallest absolute Gasteiger partial charge is 0.251 e. The molecule has 1 aliphatic rings. The first-order valence-electron chi connectivity index (χ1n) is 9.26. The number of carbonyl (C=O) groups is 2. The molecule has 0 bridgehead atoms. The van der Waals surface area contributed by atoms with Crippen molar-refractivity contribution in [3.8, 4) is 5.75 Å². The predicted molar refractivity (Wildman–Crippen MR) is 110 cm³/mol. The minimum Gasteiger partial charge on any atom is -0.485 e. The standard InChI is InChI=1S/C21H24ClN3O3/c1-3-25-14-17(28-19-7-5-4-6-18(19)25)13-24(2)20(26)12-23-21(27)15-8-10-16(22)11-9-15/h4-11,17H,3,12-14H2,1-2H3,(H,23,27)/t17-/m1/s1. The molecule has 3 rings (SSSR count). The summed E-state index contributed by atoms with van der Waals surface area (Å²) >= 11 is 5.82. The van der Waals surface area contributed by atoms with Gasteiger partial charge in [-0.15, -0.1) is 0 Å². The van der Waals surface area contributed by atoms with Crippen LogP contribution in [0, 0.1) is 0 Å². The van der Waals surface area contributed by atoms with Crippen molar-refractivity contribution in [1.29, 1.82) is 0 Å². The monoisotopic (exact) mass is 401 g/mol. The van der Waals surface area contributed by atoms with E-state index in [9.17, 15) is 9.59 Å². The number of halogens is 1. The van der Waals surface area contributed by atoms with E-state index in [1.54, 1.807) is 36.2 Å². The van der Waals surface area contributed by atoms with Crippen molar-refractivity contribution in [2.45, 2.75) is 13.0 Å². The molecule has 0 saturated heterocycles. The number of hydrogen-bond donors (Lipinski definition) is 1. The van der Waals surface area contributed by atoms with E-state index in [2.05, 4.69) is 17.1 Å². The Kier molecular flexibility index (Phi) is 6.41. The van der Waals surface area contributed by atoms with Gasteiger partial charge in [0.05, 0.1) is 25.3 Å². The molecule has 28 heavy (non-hydrogen) atoms. The number of likely N-dealkylation sites (N-methyl/N-ethyl adjacent to an activating group) is 2. The molecule has 0 fully saturated rings. The highest BCUT2D eigenvalue weighted by Crippen LogP contribution is 2.32. The quantitative estimate of drug-likeness (QED) is 0.808. The highest BCUT2D eigenvalue weighted by Gasteiger charge is 2.26. The van der Waals surface area contributed by atoms with Gasteiger partial charge in [0.15, 0.2) is 0 Å². The predicted octanol–water partition coefficient (Wildman–Crippen LogP) is 2.82. The van der Waals surface area contributed by atoms with Gasteiger partial charge in [-0.2, -0.15) is 0 Å². The summed E-state index contributed by atoms with van der Waals surface area (Å²) in [7, 11) is 1.72. The Hall–Kier alpha value is -2.73. The maximum atomic E-state index is 12.4. The van der Waals surface area contributed by atoms with Gasteiger partial charge in [-0.3, -0.25) is 9.59 Å². The summed E-state index contributed by atoms with van der Waals surface area (Å²) in [6.07, 6.45) is -0.129. The Balaban J connectivity index is 1.53. The van der Waals surface area contributed by atoms with Gasteiger partial charge in [-0.25, -0.2) is 0 Å². The third-order valence-corrected chi connectivity index (χ3v) is 4.97. The molecule has 0 aliphatic carbocycles. The summed E-state index contributed by atoms with van der Waals surface area (Å²) in [5, 5.41) is 3.21. The fourth-order valence-corrected chi connectivity index (χ4v) is 3.30. The first kappa shape index (κ1) is 20.0. The zero-order chi connectivity index (χ0) is 20.1. The maximum absolute atomic E-state index is 12.4. The highest BCUT2D eigenvalue weighted by atomic mass is 35.5. The summed E-state index contributed by atoms with van der Waals surface area (Å²) in [5.41, 5.74) is 1.54. The van der Waals surface area contributed by atoms with Gasteiger partial charge in [0, 0.05) is 24.2 Å². The molecular formula is C21H24ClN3O3. The SMILES string of the molecule is CCN1C[C@@H](CN(C)C(=O)CNC(=O)c2ccc(Cl)cc2)Oc2ccccc21. The minimum absolute atomic E-state index is 0.0707.